The number of thiazole rings is 1. The van der Waals surface area contributed by atoms with Gasteiger partial charge in [0.25, 0.3) is 11.6 Å². The standard InChI is InChI=1S/C21H20N4O7S2/c26-19(23-21-22-17-9-6-15(25(28)29)12-18(17)33-21)13-32-20(27)14-4-7-16(8-5-14)34(30,31)24-10-2-1-3-11-24/h4-9,12H,1-3,10-11,13H2,(H,22,23,26). The Bertz CT molecular complexity index is 1350. The van der Waals surface area contributed by atoms with Crippen molar-refractivity contribution in [2.24, 2.45) is 0 Å². The number of esters is 1. The summed E-state index contributed by atoms with van der Waals surface area (Å²) in [4.78, 5) is 39.0. The zero-order chi connectivity index (χ0) is 24.3. The molecule has 0 aliphatic carbocycles. The van der Waals surface area contributed by atoms with E-state index in [-0.39, 0.29) is 21.3 Å². The molecule has 1 aliphatic heterocycles. The molecule has 0 atom stereocenters. The third kappa shape index (κ3) is 5.21. The number of nitro groups is 1. The van der Waals surface area contributed by atoms with Crippen LogP contribution in [0.25, 0.3) is 10.2 Å². The fourth-order valence-electron chi connectivity index (χ4n) is 3.47. The van der Waals surface area contributed by atoms with E-state index in [4.69, 9.17) is 4.74 Å². The molecule has 0 bridgehead atoms. The first kappa shape index (κ1) is 23.7. The van der Waals surface area contributed by atoms with Crippen molar-refractivity contribution in [3.63, 3.8) is 0 Å². The molecule has 1 amide bonds. The molecule has 34 heavy (non-hydrogen) atoms. The molecule has 1 fully saturated rings. The van der Waals surface area contributed by atoms with Crippen LogP contribution in [0, 0.1) is 10.1 Å². The van der Waals surface area contributed by atoms with Crippen LogP contribution in [0.1, 0.15) is 29.6 Å². The van der Waals surface area contributed by atoms with Gasteiger partial charge in [0.2, 0.25) is 10.0 Å². The molecule has 1 aliphatic rings. The Kier molecular flexibility index (Phi) is 6.86. The summed E-state index contributed by atoms with van der Waals surface area (Å²) in [5, 5.41) is 13.6. The van der Waals surface area contributed by atoms with Gasteiger partial charge in [-0.05, 0) is 43.2 Å². The van der Waals surface area contributed by atoms with Crippen LogP contribution in [-0.4, -0.2) is 54.2 Å². The van der Waals surface area contributed by atoms with Crippen LogP contribution in [0.15, 0.2) is 47.4 Å². The second-order valence-electron chi connectivity index (χ2n) is 7.54. The second-order valence-corrected chi connectivity index (χ2v) is 10.5. The Hall–Kier alpha value is -3.42. The maximum Gasteiger partial charge on any atom is 0.338 e. The van der Waals surface area contributed by atoms with Crippen LogP contribution in [-0.2, 0) is 19.6 Å². The number of anilines is 1. The predicted octanol–water partition coefficient (Wildman–Crippen LogP) is 3.17. The molecule has 1 saturated heterocycles. The number of fused-ring (bicyclic) bond motifs is 1. The number of hydrogen-bond donors (Lipinski definition) is 1. The third-order valence-electron chi connectivity index (χ3n) is 5.21. The minimum Gasteiger partial charge on any atom is -0.452 e. The number of nitrogens with one attached hydrogen (secondary N) is 1. The number of ether oxygens (including phenoxy) is 1. The first-order valence-electron chi connectivity index (χ1n) is 10.4. The molecule has 0 radical (unpaired) electrons. The van der Waals surface area contributed by atoms with Crippen molar-refractivity contribution >= 4 is 54.3 Å². The molecule has 1 aromatic heterocycles. The van der Waals surface area contributed by atoms with E-state index in [9.17, 15) is 28.1 Å². The summed E-state index contributed by atoms with van der Waals surface area (Å²) in [5.41, 5.74) is 0.512. The number of benzene rings is 2. The number of non-ortho nitro benzene ring substituents is 1. The van der Waals surface area contributed by atoms with Crippen LogP contribution < -0.4 is 5.32 Å². The average Bonchev–Trinajstić information content (AvgIpc) is 3.24. The van der Waals surface area contributed by atoms with E-state index in [0.29, 0.717) is 23.3 Å². The van der Waals surface area contributed by atoms with Crippen molar-refractivity contribution in [2.45, 2.75) is 24.2 Å². The molecule has 0 saturated carbocycles. The molecule has 11 nitrogen and oxygen atoms in total. The van der Waals surface area contributed by atoms with Crippen molar-refractivity contribution in [3.8, 4) is 0 Å². The summed E-state index contributed by atoms with van der Waals surface area (Å²) in [5.74, 6) is -1.41. The fourth-order valence-corrected chi connectivity index (χ4v) is 5.90. The predicted molar refractivity (Wildman–Crippen MR) is 124 cm³/mol. The maximum atomic E-state index is 12.7. The van der Waals surface area contributed by atoms with Gasteiger partial charge in [0.05, 0.1) is 25.6 Å². The fraction of sp³-hybridized carbons (Fsp3) is 0.286. The van der Waals surface area contributed by atoms with Crippen molar-refractivity contribution in [3.05, 3.63) is 58.1 Å². The van der Waals surface area contributed by atoms with Gasteiger partial charge in [-0.3, -0.25) is 20.2 Å². The summed E-state index contributed by atoms with van der Waals surface area (Å²) in [7, 11) is -3.61. The highest BCUT2D eigenvalue weighted by Crippen LogP contribution is 2.29. The first-order chi connectivity index (χ1) is 16.2. The zero-order valence-electron chi connectivity index (χ0n) is 17.8. The molecule has 2 heterocycles. The van der Waals surface area contributed by atoms with Gasteiger partial charge < -0.3 is 4.74 Å². The quantitative estimate of drug-likeness (QED) is 0.293. The number of carbonyl (C=O) groups excluding carboxylic acids is 2. The van der Waals surface area contributed by atoms with E-state index in [2.05, 4.69) is 10.3 Å². The average molecular weight is 505 g/mol. The largest absolute Gasteiger partial charge is 0.452 e. The molecular weight excluding hydrogens is 484 g/mol. The zero-order valence-corrected chi connectivity index (χ0v) is 19.4. The van der Waals surface area contributed by atoms with E-state index in [1.807, 2.05) is 0 Å². The molecule has 0 spiro atoms. The molecule has 2 aromatic carbocycles. The maximum absolute atomic E-state index is 12.7. The molecule has 3 aromatic rings. The topological polar surface area (TPSA) is 149 Å². The molecule has 1 N–H and O–H groups in total. The Balaban J connectivity index is 1.34. The lowest BCUT2D eigenvalue weighted by atomic mass is 10.2. The monoisotopic (exact) mass is 504 g/mol. The van der Waals surface area contributed by atoms with Gasteiger partial charge in [0.1, 0.15) is 0 Å². The second kappa shape index (κ2) is 9.83. The lowest BCUT2D eigenvalue weighted by Crippen LogP contribution is -2.35. The highest BCUT2D eigenvalue weighted by Gasteiger charge is 2.26. The number of amides is 1. The molecule has 178 valence electrons. The third-order valence-corrected chi connectivity index (χ3v) is 8.05. The Morgan fingerprint density at radius 2 is 1.82 bits per heavy atom. The van der Waals surface area contributed by atoms with Crippen LogP contribution in [0.2, 0.25) is 0 Å². The van der Waals surface area contributed by atoms with Crippen molar-refractivity contribution < 1.29 is 27.7 Å². The SMILES string of the molecule is O=C(COC(=O)c1ccc(S(=O)(=O)N2CCCCC2)cc1)Nc1nc2ccc([N+](=O)[O-])cc2s1. The summed E-state index contributed by atoms with van der Waals surface area (Å²) >= 11 is 1.05. The van der Waals surface area contributed by atoms with E-state index >= 15 is 0 Å². The number of aromatic nitrogens is 1. The normalized spacial score (nSPS) is 14.6. The van der Waals surface area contributed by atoms with Crippen LogP contribution in [0.3, 0.4) is 0 Å². The Labute approximate surface area is 198 Å². The van der Waals surface area contributed by atoms with Crippen molar-refractivity contribution in [1.82, 2.24) is 9.29 Å². The number of sulfonamides is 1. The van der Waals surface area contributed by atoms with Gasteiger partial charge in [0, 0.05) is 25.2 Å². The minimum atomic E-state index is -3.61. The number of hydrogen-bond acceptors (Lipinski definition) is 9. The number of rotatable bonds is 7. The van der Waals surface area contributed by atoms with E-state index in [1.165, 1.54) is 46.8 Å². The number of carbonyl (C=O) groups is 2. The Morgan fingerprint density at radius 1 is 1.12 bits per heavy atom. The lowest BCUT2D eigenvalue weighted by Gasteiger charge is -2.25. The van der Waals surface area contributed by atoms with Gasteiger partial charge in [0.15, 0.2) is 11.7 Å². The van der Waals surface area contributed by atoms with Gasteiger partial charge in [-0.15, -0.1) is 0 Å². The van der Waals surface area contributed by atoms with Crippen LogP contribution in [0.4, 0.5) is 10.8 Å². The molecule has 13 heteroatoms. The van der Waals surface area contributed by atoms with Crippen LogP contribution in [0.5, 0.6) is 0 Å². The van der Waals surface area contributed by atoms with Gasteiger partial charge in [-0.25, -0.2) is 18.2 Å². The van der Waals surface area contributed by atoms with Gasteiger partial charge in [-0.1, -0.05) is 17.8 Å². The van der Waals surface area contributed by atoms with Gasteiger partial charge in [-0.2, -0.15) is 4.31 Å². The number of nitro benzene ring substituents is 1. The van der Waals surface area contributed by atoms with E-state index in [0.717, 1.165) is 30.6 Å². The smallest absolute Gasteiger partial charge is 0.338 e. The van der Waals surface area contributed by atoms with Gasteiger partial charge >= 0.3 is 5.97 Å². The number of nitrogens with zero attached hydrogens (tertiary/aromatic N) is 3. The Morgan fingerprint density at radius 3 is 2.50 bits per heavy atom. The van der Waals surface area contributed by atoms with Crippen molar-refractivity contribution in [2.75, 3.05) is 25.0 Å². The van der Waals surface area contributed by atoms with Crippen LogP contribution >= 0.6 is 11.3 Å². The molecule has 0 unspecified atom stereocenters. The molecular formula is C21H20N4O7S2. The summed E-state index contributed by atoms with van der Waals surface area (Å²) in [6, 6.07) is 9.54. The summed E-state index contributed by atoms with van der Waals surface area (Å²) in [6.07, 6.45) is 2.65. The molecule has 4 rings (SSSR count). The first-order valence-corrected chi connectivity index (χ1v) is 12.6. The van der Waals surface area contributed by atoms with E-state index < -0.39 is 33.4 Å². The highest BCUT2D eigenvalue weighted by atomic mass is 32.2. The highest BCUT2D eigenvalue weighted by molar-refractivity contribution is 7.89. The summed E-state index contributed by atoms with van der Waals surface area (Å²) < 4.78 is 32.4. The summed E-state index contributed by atoms with van der Waals surface area (Å²) in [6.45, 7) is 0.377. The van der Waals surface area contributed by atoms with E-state index in [1.54, 1.807) is 0 Å². The van der Waals surface area contributed by atoms with Crippen molar-refractivity contribution in [1.29, 1.82) is 0 Å². The minimum absolute atomic E-state index is 0.0855. The lowest BCUT2D eigenvalue weighted by molar-refractivity contribution is -0.384. The number of piperidine rings is 1.